The highest BCUT2D eigenvalue weighted by molar-refractivity contribution is 7.86. The Bertz CT molecular complexity index is 768. The zero-order chi connectivity index (χ0) is 16.9. The molecule has 0 bridgehead atoms. The number of methoxy groups -OCH3 is 2. The summed E-state index contributed by atoms with van der Waals surface area (Å²) in [6, 6.07) is 12.2. The van der Waals surface area contributed by atoms with Gasteiger partial charge in [0, 0.05) is 0 Å². The molecule has 6 heteroatoms. The molecular weight excluding hydrogens is 316 g/mol. The van der Waals surface area contributed by atoms with Gasteiger partial charge in [-0.2, -0.15) is 8.42 Å². The Hall–Kier alpha value is -2.05. The Morgan fingerprint density at radius 2 is 1.65 bits per heavy atom. The van der Waals surface area contributed by atoms with Gasteiger partial charge in [-0.05, 0) is 42.7 Å². The van der Waals surface area contributed by atoms with Gasteiger partial charge in [-0.15, -0.1) is 0 Å². The number of hydrogen-bond acceptors (Lipinski definition) is 5. The highest BCUT2D eigenvalue weighted by Crippen LogP contribution is 2.27. The molecule has 2 rings (SSSR count). The van der Waals surface area contributed by atoms with Gasteiger partial charge >= 0.3 is 0 Å². The second-order valence-corrected chi connectivity index (χ2v) is 6.56. The third kappa shape index (κ3) is 4.24. The molecule has 0 spiro atoms. The van der Waals surface area contributed by atoms with E-state index in [2.05, 4.69) is 0 Å². The van der Waals surface area contributed by atoms with E-state index in [0.29, 0.717) is 23.5 Å². The number of hydrogen-bond donors (Lipinski definition) is 0. The van der Waals surface area contributed by atoms with Crippen molar-refractivity contribution in [1.29, 1.82) is 0 Å². The minimum atomic E-state index is -3.75. The maximum absolute atomic E-state index is 12.2. The molecule has 0 aromatic heterocycles. The molecule has 0 aliphatic rings. The molecule has 124 valence electrons. The van der Waals surface area contributed by atoms with Crippen LogP contribution < -0.4 is 9.47 Å². The van der Waals surface area contributed by atoms with Gasteiger partial charge in [0.15, 0.2) is 11.5 Å². The van der Waals surface area contributed by atoms with Gasteiger partial charge in [0.1, 0.15) is 0 Å². The topological polar surface area (TPSA) is 61.8 Å². The monoisotopic (exact) mass is 336 g/mol. The fourth-order valence-electron chi connectivity index (χ4n) is 2.21. The number of rotatable bonds is 7. The summed E-state index contributed by atoms with van der Waals surface area (Å²) >= 11 is 0. The van der Waals surface area contributed by atoms with Crippen molar-refractivity contribution in [2.45, 2.75) is 18.2 Å². The molecule has 0 aliphatic carbocycles. The summed E-state index contributed by atoms with van der Waals surface area (Å²) in [5.41, 5.74) is 1.57. The molecule has 5 nitrogen and oxygen atoms in total. The molecule has 0 heterocycles. The molecule has 0 radical (unpaired) electrons. The zero-order valence-electron chi connectivity index (χ0n) is 13.4. The van der Waals surface area contributed by atoms with E-state index >= 15 is 0 Å². The van der Waals surface area contributed by atoms with Crippen LogP contribution in [0.3, 0.4) is 0 Å². The van der Waals surface area contributed by atoms with E-state index in [1.165, 1.54) is 0 Å². The molecular formula is C17H20O5S. The maximum Gasteiger partial charge on any atom is 0.297 e. The fraction of sp³-hybridized carbons (Fsp3) is 0.294. The molecule has 23 heavy (non-hydrogen) atoms. The molecule has 0 N–H and O–H groups in total. The van der Waals surface area contributed by atoms with E-state index < -0.39 is 10.1 Å². The predicted molar refractivity (Wildman–Crippen MR) is 87.6 cm³/mol. The molecule has 0 saturated carbocycles. The van der Waals surface area contributed by atoms with Crippen LogP contribution in [0.2, 0.25) is 0 Å². The highest BCUT2D eigenvalue weighted by atomic mass is 32.2. The first kappa shape index (κ1) is 17.3. The van der Waals surface area contributed by atoms with Crippen molar-refractivity contribution >= 4 is 10.1 Å². The van der Waals surface area contributed by atoms with Gasteiger partial charge in [0.05, 0.1) is 25.7 Å². The average molecular weight is 336 g/mol. The second-order valence-electron chi connectivity index (χ2n) is 4.98. The Balaban J connectivity index is 2.04. The van der Waals surface area contributed by atoms with E-state index in [1.807, 2.05) is 12.1 Å². The van der Waals surface area contributed by atoms with Crippen LogP contribution in [-0.4, -0.2) is 29.2 Å². The molecule has 0 unspecified atom stereocenters. The summed E-state index contributed by atoms with van der Waals surface area (Å²) < 4.78 is 39.9. The SMILES string of the molecule is COc1ccc(CCOS(=O)(=O)c2ccccc2C)cc1OC. The predicted octanol–water partition coefficient (Wildman–Crippen LogP) is 2.96. The Morgan fingerprint density at radius 1 is 0.957 bits per heavy atom. The van der Waals surface area contributed by atoms with Gasteiger partial charge < -0.3 is 9.47 Å². The summed E-state index contributed by atoms with van der Waals surface area (Å²) in [7, 11) is -0.624. The van der Waals surface area contributed by atoms with E-state index in [0.717, 1.165) is 5.56 Å². The molecule has 2 aromatic rings. The Morgan fingerprint density at radius 3 is 2.30 bits per heavy atom. The summed E-state index contributed by atoms with van der Waals surface area (Å²) in [6.45, 7) is 1.80. The van der Waals surface area contributed by atoms with E-state index in [9.17, 15) is 8.42 Å². The quantitative estimate of drug-likeness (QED) is 0.728. The minimum Gasteiger partial charge on any atom is -0.493 e. The third-order valence-corrected chi connectivity index (χ3v) is 4.91. The van der Waals surface area contributed by atoms with Crippen LogP contribution in [0, 0.1) is 6.92 Å². The average Bonchev–Trinajstić information content (AvgIpc) is 2.54. The molecule has 0 aliphatic heterocycles. The fourth-order valence-corrected chi connectivity index (χ4v) is 3.34. The molecule has 0 saturated heterocycles. The largest absolute Gasteiger partial charge is 0.493 e. The minimum absolute atomic E-state index is 0.0617. The Labute approximate surface area is 136 Å². The van der Waals surface area contributed by atoms with Crippen LogP contribution in [0.5, 0.6) is 11.5 Å². The van der Waals surface area contributed by atoms with Crippen molar-refractivity contribution in [2.24, 2.45) is 0 Å². The van der Waals surface area contributed by atoms with Crippen molar-refractivity contribution in [3.63, 3.8) is 0 Å². The van der Waals surface area contributed by atoms with E-state index in [1.54, 1.807) is 51.5 Å². The Kier molecular flexibility index (Phi) is 5.63. The van der Waals surface area contributed by atoms with Gasteiger partial charge in [0.2, 0.25) is 0 Å². The van der Waals surface area contributed by atoms with Gasteiger partial charge in [-0.25, -0.2) is 0 Å². The van der Waals surface area contributed by atoms with Crippen LogP contribution in [0.15, 0.2) is 47.4 Å². The molecule has 0 amide bonds. The molecule has 0 fully saturated rings. The molecule has 2 aromatic carbocycles. The first-order valence-electron chi connectivity index (χ1n) is 7.14. The van der Waals surface area contributed by atoms with Crippen molar-refractivity contribution in [1.82, 2.24) is 0 Å². The van der Waals surface area contributed by atoms with Crippen molar-refractivity contribution in [2.75, 3.05) is 20.8 Å². The summed E-state index contributed by atoms with van der Waals surface area (Å²) in [6.07, 6.45) is 0.450. The van der Waals surface area contributed by atoms with Crippen molar-refractivity contribution in [3.05, 3.63) is 53.6 Å². The second kappa shape index (κ2) is 7.48. The number of ether oxygens (including phenoxy) is 2. The lowest BCUT2D eigenvalue weighted by molar-refractivity contribution is 0.321. The first-order valence-corrected chi connectivity index (χ1v) is 8.54. The maximum atomic E-state index is 12.2. The van der Waals surface area contributed by atoms with Gasteiger partial charge in [0.25, 0.3) is 10.1 Å². The van der Waals surface area contributed by atoms with Crippen LogP contribution in [-0.2, 0) is 20.7 Å². The highest BCUT2D eigenvalue weighted by Gasteiger charge is 2.17. The van der Waals surface area contributed by atoms with Crippen LogP contribution in [0.25, 0.3) is 0 Å². The lowest BCUT2D eigenvalue weighted by Gasteiger charge is -2.10. The summed E-state index contributed by atoms with van der Waals surface area (Å²) in [5.74, 6) is 1.23. The lowest BCUT2D eigenvalue weighted by atomic mass is 10.1. The van der Waals surface area contributed by atoms with Crippen molar-refractivity contribution in [3.8, 4) is 11.5 Å². The van der Waals surface area contributed by atoms with Crippen molar-refractivity contribution < 1.29 is 22.1 Å². The van der Waals surface area contributed by atoms with E-state index in [4.69, 9.17) is 13.7 Å². The lowest BCUT2D eigenvalue weighted by Crippen LogP contribution is -2.10. The summed E-state index contributed by atoms with van der Waals surface area (Å²) in [5, 5.41) is 0. The van der Waals surface area contributed by atoms with Gasteiger partial charge in [-0.3, -0.25) is 4.18 Å². The zero-order valence-corrected chi connectivity index (χ0v) is 14.2. The first-order chi connectivity index (χ1) is 11.0. The summed E-state index contributed by atoms with van der Waals surface area (Å²) in [4.78, 5) is 0.201. The number of aryl methyl sites for hydroxylation is 1. The normalized spacial score (nSPS) is 11.3. The van der Waals surface area contributed by atoms with Crippen LogP contribution in [0.4, 0.5) is 0 Å². The van der Waals surface area contributed by atoms with Crippen LogP contribution in [0.1, 0.15) is 11.1 Å². The third-order valence-electron chi connectivity index (χ3n) is 3.44. The molecule has 0 atom stereocenters. The van der Waals surface area contributed by atoms with E-state index in [-0.39, 0.29) is 11.5 Å². The van der Waals surface area contributed by atoms with Gasteiger partial charge in [-0.1, -0.05) is 24.3 Å². The smallest absolute Gasteiger partial charge is 0.297 e. The number of benzene rings is 2. The standard InChI is InChI=1S/C17H20O5S/c1-13-6-4-5-7-17(13)23(18,19)22-11-10-14-8-9-15(20-2)16(12-14)21-3/h4-9,12H,10-11H2,1-3H3. The van der Waals surface area contributed by atoms with Crippen LogP contribution >= 0.6 is 0 Å².